The largest absolute Gasteiger partial charge is 0.434 e. The van der Waals surface area contributed by atoms with E-state index in [0.29, 0.717) is 56.1 Å². The van der Waals surface area contributed by atoms with E-state index in [1.807, 2.05) is 6.92 Å². The fraction of sp³-hybridized carbons (Fsp3) is 0.500. The molecule has 7 nitrogen and oxygen atoms in total. The maximum absolute atomic E-state index is 13.4. The zero-order chi connectivity index (χ0) is 21.0. The van der Waals surface area contributed by atoms with Crippen molar-refractivity contribution in [1.29, 1.82) is 0 Å². The van der Waals surface area contributed by atoms with Crippen LogP contribution in [0.1, 0.15) is 31.9 Å². The van der Waals surface area contributed by atoms with Gasteiger partial charge in [0.25, 0.3) is 5.91 Å². The number of carbonyl (C=O) groups excluding carboxylic acids is 2. The molecule has 2 heterocycles. The number of halogens is 2. The SMILES string of the molecule is CCCN1C(=O)NC(c2ccccc2OC(F)F)C(C(=O)N2CCOCC2)=C1C. The van der Waals surface area contributed by atoms with Gasteiger partial charge in [-0.25, -0.2) is 4.79 Å². The van der Waals surface area contributed by atoms with E-state index in [-0.39, 0.29) is 17.7 Å². The fourth-order valence-electron chi connectivity index (χ4n) is 3.64. The van der Waals surface area contributed by atoms with Crippen LogP contribution in [0.3, 0.4) is 0 Å². The summed E-state index contributed by atoms with van der Waals surface area (Å²) in [5.74, 6) is -0.319. The van der Waals surface area contributed by atoms with E-state index in [1.54, 1.807) is 30.0 Å². The fourth-order valence-corrected chi connectivity index (χ4v) is 3.64. The monoisotopic (exact) mass is 409 g/mol. The smallest absolute Gasteiger partial charge is 0.387 e. The second-order valence-electron chi connectivity index (χ2n) is 6.85. The van der Waals surface area contributed by atoms with E-state index < -0.39 is 12.7 Å². The zero-order valence-electron chi connectivity index (χ0n) is 16.5. The lowest BCUT2D eigenvalue weighted by molar-refractivity contribution is -0.131. The number of ether oxygens (including phenoxy) is 2. The predicted octanol–water partition coefficient (Wildman–Crippen LogP) is 2.90. The number of para-hydroxylation sites is 1. The minimum atomic E-state index is -3.02. The van der Waals surface area contributed by atoms with Gasteiger partial charge in [0, 0.05) is 30.9 Å². The number of carbonyl (C=O) groups is 2. The molecule has 0 spiro atoms. The first-order valence-corrected chi connectivity index (χ1v) is 9.63. The molecule has 1 unspecified atom stereocenters. The maximum atomic E-state index is 13.4. The van der Waals surface area contributed by atoms with E-state index in [1.165, 1.54) is 11.0 Å². The summed E-state index contributed by atoms with van der Waals surface area (Å²) in [6, 6.07) is 4.94. The molecule has 3 rings (SSSR count). The standard InChI is InChI=1S/C20H25F2N3O4/c1-3-8-25-13(2)16(18(26)24-9-11-28-12-10-24)17(23-20(25)27)14-6-4-5-7-15(14)29-19(21)22/h4-7,17,19H,3,8-12H2,1-2H3,(H,23,27). The summed E-state index contributed by atoms with van der Waals surface area (Å²) < 4.78 is 35.8. The van der Waals surface area contributed by atoms with Gasteiger partial charge in [-0.3, -0.25) is 9.69 Å². The molecule has 3 amide bonds. The summed E-state index contributed by atoms with van der Waals surface area (Å²) >= 11 is 0. The van der Waals surface area contributed by atoms with Gasteiger partial charge in [-0.05, 0) is 19.4 Å². The highest BCUT2D eigenvalue weighted by Crippen LogP contribution is 2.36. The average Bonchev–Trinajstić information content (AvgIpc) is 2.71. The van der Waals surface area contributed by atoms with Crippen molar-refractivity contribution in [3.8, 4) is 5.75 Å². The number of morpholine rings is 1. The van der Waals surface area contributed by atoms with Gasteiger partial charge < -0.3 is 19.7 Å². The molecule has 1 N–H and O–H groups in total. The third kappa shape index (κ3) is 4.50. The minimum absolute atomic E-state index is 0.0724. The van der Waals surface area contributed by atoms with E-state index in [4.69, 9.17) is 4.74 Å². The number of benzene rings is 1. The Morgan fingerprint density at radius 1 is 1.31 bits per heavy atom. The van der Waals surface area contributed by atoms with Crippen molar-refractivity contribution >= 4 is 11.9 Å². The van der Waals surface area contributed by atoms with Gasteiger partial charge in [0.2, 0.25) is 0 Å². The quantitative estimate of drug-likeness (QED) is 0.784. The molecular weight excluding hydrogens is 384 g/mol. The molecular formula is C20H25F2N3O4. The van der Waals surface area contributed by atoms with Crippen molar-refractivity contribution < 1.29 is 27.8 Å². The van der Waals surface area contributed by atoms with Crippen LogP contribution < -0.4 is 10.1 Å². The highest BCUT2D eigenvalue weighted by atomic mass is 19.3. The topological polar surface area (TPSA) is 71.1 Å². The highest BCUT2D eigenvalue weighted by molar-refractivity contribution is 5.98. The Kier molecular flexibility index (Phi) is 6.68. The molecule has 2 aliphatic rings. The first-order valence-electron chi connectivity index (χ1n) is 9.63. The van der Waals surface area contributed by atoms with Crippen molar-refractivity contribution in [2.75, 3.05) is 32.8 Å². The molecule has 0 aromatic heterocycles. The second-order valence-corrected chi connectivity index (χ2v) is 6.85. The maximum Gasteiger partial charge on any atom is 0.387 e. The van der Waals surface area contributed by atoms with Crippen molar-refractivity contribution in [2.45, 2.75) is 32.9 Å². The van der Waals surface area contributed by atoms with Crippen molar-refractivity contribution in [3.05, 3.63) is 41.1 Å². The first kappa shape index (κ1) is 21.0. The normalized spacial score (nSPS) is 20.2. The summed E-state index contributed by atoms with van der Waals surface area (Å²) in [5.41, 5.74) is 1.18. The number of rotatable bonds is 6. The second kappa shape index (κ2) is 9.21. The summed E-state index contributed by atoms with van der Waals surface area (Å²) in [4.78, 5) is 29.3. The molecule has 1 aromatic rings. The molecule has 1 aromatic carbocycles. The van der Waals surface area contributed by atoms with Gasteiger partial charge in [-0.1, -0.05) is 25.1 Å². The van der Waals surface area contributed by atoms with E-state index in [0.717, 1.165) is 0 Å². The number of hydrogen-bond acceptors (Lipinski definition) is 4. The molecule has 0 aliphatic carbocycles. The van der Waals surface area contributed by atoms with Crippen LogP contribution in [0, 0.1) is 0 Å². The van der Waals surface area contributed by atoms with Gasteiger partial charge >= 0.3 is 12.6 Å². The lowest BCUT2D eigenvalue weighted by atomic mass is 9.93. The number of nitrogens with zero attached hydrogens (tertiary/aromatic N) is 2. The summed E-state index contributed by atoms with van der Waals surface area (Å²) in [5, 5.41) is 2.81. The van der Waals surface area contributed by atoms with Crippen LogP contribution in [-0.4, -0.2) is 61.2 Å². The number of hydrogen-bond donors (Lipinski definition) is 1. The van der Waals surface area contributed by atoms with Gasteiger partial charge in [-0.15, -0.1) is 0 Å². The lowest BCUT2D eigenvalue weighted by Crippen LogP contribution is -2.51. The number of nitrogens with one attached hydrogen (secondary N) is 1. The Morgan fingerprint density at radius 3 is 2.66 bits per heavy atom. The van der Waals surface area contributed by atoms with Gasteiger partial charge in [0.15, 0.2) is 0 Å². The first-order chi connectivity index (χ1) is 13.9. The molecule has 29 heavy (non-hydrogen) atoms. The number of allylic oxidation sites excluding steroid dienone is 1. The van der Waals surface area contributed by atoms with Gasteiger partial charge in [-0.2, -0.15) is 8.78 Å². The predicted molar refractivity (Wildman–Crippen MR) is 101 cm³/mol. The van der Waals surface area contributed by atoms with Crippen molar-refractivity contribution in [3.63, 3.8) is 0 Å². The molecule has 1 saturated heterocycles. The Hall–Kier alpha value is -2.68. The van der Waals surface area contributed by atoms with Crippen LogP contribution in [0.5, 0.6) is 5.75 Å². The van der Waals surface area contributed by atoms with Crippen LogP contribution in [0.2, 0.25) is 0 Å². The van der Waals surface area contributed by atoms with Gasteiger partial charge in [0.05, 0.1) is 24.8 Å². The molecule has 0 bridgehead atoms. The van der Waals surface area contributed by atoms with Crippen LogP contribution in [0.15, 0.2) is 35.5 Å². The molecule has 1 fully saturated rings. The molecule has 9 heteroatoms. The van der Waals surface area contributed by atoms with Crippen molar-refractivity contribution in [2.24, 2.45) is 0 Å². The molecule has 0 radical (unpaired) electrons. The lowest BCUT2D eigenvalue weighted by Gasteiger charge is -2.38. The zero-order valence-corrected chi connectivity index (χ0v) is 16.5. The third-order valence-electron chi connectivity index (χ3n) is 5.02. The van der Waals surface area contributed by atoms with Crippen LogP contribution in [0.25, 0.3) is 0 Å². The highest BCUT2D eigenvalue weighted by Gasteiger charge is 2.38. The van der Waals surface area contributed by atoms with Crippen molar-refractivity contribution in [1.82, 2.24) is 15.1 Å². The van der Waals surface area contributed by atoms with Crippen LogP contribution in [0.4, 0.5) is 13.6 Å². The number of alkyl halides is 2. The summed E-state index contributed by atoms with van der Waals surface area (Å²) in [7, 11) is 0. The molecule has 158 valence electrons. The minimum Gasteiger partial charge on any atom is -0.434 e. The summed E-state index contributed by atoms with van der Waals surface area (Å²) in [6.45, 7) is 2.79. The average molecular weight is 409 g/mol. The molecule has 2 aliphatic heterocycles. The van der Waals surface area contributed by atoms with E-state index >= 15 is 0 Å². The Bertz CT molecular complexity index is 794. The third-order valence-corrected chi connectivity index (χ3v) is 5.02. The van der Waals surface area contributed by atoms with E-state index in [2.05, 4.69) is 10.1 Å². The number of urea groups is 1. The molecule has 0 saturated carbocycles. The Labute approximate surface area is 168 Å². The summed E-state index contributed by atoms with van der Waals surface area (Å²) in [6.07, 6.45) is 0.708. The number of amides is 3. The van der Waals surface area contributed by atoms with Crippen LogP contribution >= 0.6 is 0 Å². The Morgan fingerprint density at radius 2 is 2.00 bits per heavy atom. The Balaban J connectivity index is 2.07. The van der Waals surface area contributed by atoms with E-state index in [9.17, 15) is 18.4 Å². The van der Waals surface area contributed by atoms with Crippen LogP contribution in [-0.2, 0) is 9.53 Å². The van der Waals surface area contributed by atoms with Gasteiger partial charge in [0.1, 0.15) is 5.75 Å². The molecule has 1 atom stereocenters.